The fourth-order valence-corrected chi connectivity index (χ4v) is 4.23. The molecule has 2 N–H and O–H groups in total. The topological polar surface area (TPSA) is 58.8 Å². The highest BCUT2D eigenvalue weighted by molar-refractivity contribution is 5.80. The summed E-state index contributed by atoms with van der Waals surface area (Å²) >= 11 is 0. The fourth-order valence-electron chi connectivity index (χ4n) is 4.23. The van der Waals surface area contributed by atoms with Crippen molar-refractivity contribution in [1.82, 2.24) is 9.80 Å². The maximum absolute atomic E-state index is 12.9. The second-order valence-corrected chi connectivity index (χ2v) is 7.98. The maximum Gasteiger partial charge on any atom is 0.227 e. The lowest BCUT2D eigenvalue weighted by molar-refractivity contribution is -0.140. The van der Waals surface area contributed by atoms with Gasteiger partial charge in [-0.15, -0.1) is 0 Å². The number of rotatable bonds is 5. The van der Waals surface area contributed by atoms with Crippen LogP contribution >= 0.6 is 0 Å². The highest BCUT2D eigenvalue weighted by Gasteiger charge is 2.40. The third-order valence-electron chi connectivity index (χ3n) is 5.88. The van der Waals surface area contributed by atoms with Gasteiger partial charge in [-0.3, -0.25) is 9.69 Å². The number of nitrogens with zero attached hydrogens (tertiary/aromatic N) is 2. The van der Waals surface area contributed by atoms with E-state index >= 15 is 0 Å². The Morgan fingerprint density at radius 1 is 1.19 bits per heavy atom. The van der Waals surface area contributed by atoms with Gasteiger partial charge in [0, 0.05) is 38.3 Å². The number of benzene rings is 1. The summed E-state index contributed by atoms with van der Waals surface area (Å²) in [6.45, 7) is 9.13. The molecular weight excluding hydrogens is 326 g/mol. The van der Waals surface area contributed by atoms with E-state index in [1.165, 1.54) is 5.56 Å². The molecule has 0 aromatic heterocycles. The average Bonchev–Trinajstić information content (AvgIpc) is 2.63. The van der Waals surface area contributed by atoms with Gasteiger partial charge in [0.2, 0.25) is 5.91 Å². The highest BCUT2D eigenvalue weighted by atomic mass is 16.5. The first-order valence-corrected chi connectivity index (χ1v) is 10.0. The van der Waals surface area contributed by atoms with E-state index in [2.05, 4.69) is 24.0 Å². The Bertz CT molecular complexity index is 592. The molecule has 5 heteroatoms. The van der Waals surface area contributed by atoms with Gasteiger partial charge in [-0.1, -0.05) is 25.0 Å². The zero-order valence-electron chi connectivity index (χ0n) is 16.2. The van der Waals surface area contributed by atoms with Crippen molar-refractivity contribution in [1.29, 1.82) is 0 Å². The molecule has 0 spiro atoms. The minimum absolute atomic E-state index is 0.00564. The van der Waals surface area contributed by atoms with Crippen molar-refractivity contribution in [3.8, 4) is 5.75 Å². The monoisotopic (exact) mass is 359 g/mol. The first-order chi connectivity index (χ1) is 12.5. The lowest BCUT2D eigenvalue weighted by Crippen LogP contribution is -2.57. The third-order valence-corrected chi connectivity index (χ3v) is 5.88. The first kappa shape index (κ1) is 19.2. The van der Waals surface area contributed by atoms with E-state index in [4.69, 9.17) is 10.5 Å². The zero-order chi connectivity index (χ0) is 18.6. The van der Waals surface area contributed by atoms with Crippen molar-refractivity contribution in [3.05, 3.63) is 29.8 Å². The van der Waals surface area contributed by atoms with E-state index in [1.807, 2.05) is 24.0 Å². The quantitative estimate of drug-likeness (QED) is 0.878. The summed E-state index contributed by atoms with van der Waals surface area (Å²) < 4.78 is 5.50. The van der Waals surface area contributed by atoms with Crippen LogP contribution in [0.2, 0.25) is 0 Å². The van der Waals surface area contributed by atoms with Gasteiger partial charge in [-0.2, -0.15) is 0 Å². The molecule has 1 aromatic carbocycles. The van der Waals surface area contributed by atoms with Gasteiger partial charge in [0.05, 0.1) is 12.5 Å². The Morgan fingerprint density at radius 3 is 2.50 bits per heavy atom. The number of hydrogen-bond acceptors (Lipinski definition) is 4. The van der Waals surface area contributed by atoms with Gasteiger partial charge in [-0.25, -0.2) is 0 Å². The number of piperazine rings is 1. The molecule has 1 saturated heterocycles. The van der Waals surface area contributed by atoms with Crippen LogP contribution in [0, 0.1) is 5.92 Å². The standard InChI is InChI=1S/C21H33N3O2/c1-3-26-18-9-7-17(8-10-18)16-23-12-14-24(15-13-23)20(25)19-6-4-5-11-21(19,2)22/h7-10,19H,3-6,11-16,22H2,1-2H3. The maximum atomic E-state index is 12.9. The lowest BCUT2D eigenvalue weighted by atomic mass is 9.74. The fraction of sp³-hybridized carbons (Fsp3) is 0.667. The van der Waals surface area contributed by atoms with Crippen LogP contribution in [0.3, 0.4) is 0 Å². The molecule has 5 nitrogen and oxygen atoms in total. The van der Waals surface area contributed by atoms with Crippen molar-refractivity contribution in [2.24, 2.45) is 11.7 Å². The van der Waals surface area contributed by atoms with Crippen molar-refractivity contribution >= 4 is 5.91 Å². The molecule has 1 aromatic rings. The molecule has 26 heavy (non-hydrogen) atoms. The highest BCUT2D eigenvalue weighted by Crippen LogP contribution is 2.33. The normalized spacial score (nSPS) is 27.3. The van der Waals surface area contributed by atoms with Gasteiger partial charge in [0.1, 0.15) is 5.75 Å². The smallest absolute Gasteiger partial charge is 0.227 e. The van der Waals surface area contributed by atoms with E-state index in [0.717, 1.165) is 64.2 Å². The summed E-state index contributed by atoms with van der Waals surface area (Å²) in [6, 6.07) is 8.32. The van der Waals surface area contributed by atoms with E-state index in [0.29, 0.717) is 6.61 Å². The molecule has 1 saturated carbocycles. The summed E-state index contributed by atoms with van der Waals surface area (Å²) in [5, 5.41) is 0. The molecule has 2 fully saturated rings. The minimum Gasteiger partial charge on any atom is -0.494 e. The molecular formula is C21H33N3O2. The second kappa shape index (κ2) is 8.40. The number of carbonyl (C=O) groups is 1. The molecule has 1 heterocycles. The Balaban J connectivity index is 1.50. The van der Waals surface area contributed by atoms with Gasteiger partial charge in [-0.05, 0) is 44.4 Å². The molecule has 0 radical (unpaired) electrons. The Labute approximate surface area is 157 Å². The van der Waals surface area contributed by atoms with Crippen molar-refractivity contribution in [2.75, 3.05) is 32.8 Å². The van der Waals surface area contributed by atoms with Crippen LogP contribution in [0.25, 0.3) is 0 Å². The van der Waals surface area contributed by atoms with Crippen LogP contribution in [-0.2, 0) is 11.3 Å². The van der Waals surface area contributed by atoms with Crippen LogP contribution in [0.15, 0.2) is 24.3 Å². The van der Waals surface area contributed by atoms with Gasteiger partial charge in [0.25, 0.3) is 0 Å². The molecule has 2 atom stereocenters. The Kier molecular flexibility index (Phi) is 6.20. The second-order valence-electron chi connectivity index (χ2n) is 7.98. The summed E-state index contributed by atoms with van der Waals surface area (Å²) in [5.41, 5.74) is 7.37. The largest absolute Gasteiger partial charge is 0.494 e. The van der Waals surface area contributed by atoms with Crippen molar-refractivity contribution < 1.29 is 9.53 Å². The third kappa shape index (κ3) is 4.57. The number of amides is 1. The lowest BCUT2D eigenvalue weighted by Gasteiger charge is -2.42. The number of carbonyl (C=O) groups excluding carboxylic acids is 1. The molecule has 144 valence electrons. The molecule has 0 bridgehead atoms. The summed E-state index contributed by atoms with van der Waals surface area (Å²) in [6.07, 6.45) is 4.17. The minimum atomic E-state index is -0.339. The van der Waals surface area contributed by atoms with Crippen LogP contribution in [0.4, 0.5) is 0 Å². The van der Waals surface area contributed by atoms with Gasteiger partial charge >= 0.3 is 0 Å². The van der Waals surface area contributed by atoms with Gasteiger partial charge in [0.15, 0.2) is 0 Å². The van der Waals surface area contributed by atoms with Crippen molar-refractivity contribution in [3.63, 3.8) is 0 Å². The Hall–Kier alpha value is -1.59. The summed E-state index contributed by atoms with van der Waals surface area (Å²) in [7, 11) is 0. The summed E-state index contributed by atoms with van der Waals surface area (Å²) in [4.78, 5) is 17.4. The average molecular weight is 360 g/mol. The number of ether oxygens (including phenoxy) is 1. The molecule has 3 rings (SSSR count). The van der Waals surface area contributed by atoms with Gasteiger partial charge < -0.3 is 15.4 Å². The number of nitrogens with two attached hydrogens (primary N) is 1. The zero-order valence-corrected chi connectivity index (χ0v) is 16.2. The van der Waals surface area contributed by atoms with Crippen LogP contribution in [0.1, 0.15) is 45.1 Å². The Morgan fingerprint density at radius 2 is 1.88 bits per heavy atom. The van der Waals surface area contributed by atoms with E-state index in [-0.39, 0.29) is 17.4 Å². The molecule has 2 aliphatic rings. The molecule has 1 aliphatic carbocycles. The van der Waals surface area contributed by atoms with Crippen LogP contribution in [-0.4, -0.2) is 54.0 Å². The SMILES string of the molecule is CCOc1ccc(CN2CCN(C(=O)C3CCCCC3(C)N)CC2)cc1. The summed E-state index contributed by atoms with van der Waals surface area (Å²) in [5.74, 6) is 1.19. The first-order valence-electron chi connectivity index (χ1n) is 10.0. The van der Waals surface area contributed by atoms with E-state index in [1.54, 1.807) is 0 Å². The molecule has 2 unspecified atom stereocenters. The van der Waals surface area contributed by atoms with Crippen LogP contribution in [0.5, 0.6) is 5.75 Å². The van der Waals surface area contributed by atoms with E-state index < -0.39 is 0 Å². The predicted octanol–water partition coefficient (Wildman–Crippen LogP) is 2.64. The van der Waals surface area contributed by atoms with Crippen molar-refractivity contribution in [2.45, 2.75) is 51.6 Å². The van der Waals surface area contributed by atoms with E-state index in [9.17, 15) is 4.79 Å². The molecule has 1 amide bonds. The number of hydrogen-bond donors (Lipinski definition) is 1. The predicted molar refractivity (Wildman–Crippen MR) is 104 cm³/mol. The van der Waals surface area contributed by atoms with Crippen LogP contribution < -0.4 is 10.5 Å². The molecule has 1 aliphatic heterocycles.